The van der Waals surface area contributed by atoms with Gasteiger partial charge in [0.2, 0.25) is 5.91 Å². The maximum atomic E-state index is 11.6. The van der Waals surface area contributed by atoms with Crippen LogP contribution < -0.4 is 15.4 Å². The molecule has 1 amide bonds. The van der Waals surface area contributed by atoms with Crippen molar-refractivity contribution in [3.05, 3.63) is 24.3 Å². The lowest BCUT2D eigenvalue weighted by atomic mass is 10.1. The zero-order chi connectivity index (χ0) is 13.7. The minimum Gasteiger partial charge on any atom is -0.490 e. The smallest absolute Gasteiger partial charge is 0.226 e. The second-order valence-corrected chi connectivity index (χ2v) is 5.24. The van der Waals surface area contributed by atoms with E-state index in [1.165, 1.54) is 0 Å². The average molecular weight is 262 g/mol. The Hall–Kier alpha value is -1.55. The predicted octanol–water partition coefficient (Wildman–Crippen LogP) is 2.41. The Morgan fingerprint density at radius 2 is 1.89 bits per heavy atom. The quantitative estimate of drug-likeness (QED) is 0.876. The zero-order valence-corrected chi connectivity index (χ0v) is 11.6. The van der Waals surface area contributed by atoms with Crippen LogP contribution in [0, 0.1) is 5.92 Å². The van der Waals surface area contributed by atoms with Crippen molar-refractivity contribution in [2.24, 2.45) is 5.92 Å². The number of piperidine rings is 1. The summed E-state index contributed by atoms with van der Waals surface area (Å²) in [6.45, 7) is 5.80. The van der Waals surface area contributed by atoms with Crippen LogP contribution in [0.25, 0.3) is 0 Å². The Bertz CT molecular complexity index is 409. The van der Waals surface area contributed by atoms with Crippen LogP contribution in [0.3, 0.4) is 0 Å². The highest BCUT2D eigenvalue weighted by atomic mass is 16.5. The number of hydrogen-bond acceptors (Lipinski definition) is 3. The second kappa shape index (κ2) is 6.57. The first-order chi connectivity index (χ1) is 9.15. The van der Waals surface area contributed by atoms with Crippen LogP contribution in [0.15, 0.2) is 24.3 Å². The standard InChI is InChI=1S/C15H22N2O2/c1-11(2)15(18)17-12-3-5-13(6-4-12)19-14-7-9-16-10-8-14/h3-6,11,14,16H,7-10H2,1-2H3,(H,17,18). The third kappa shape index (κ3) is 4.24. The molecule has 4 heteroatoms. The average Bonchev–Trinajstić information content (AvgIpc) is 2.42. The number of benzene rings is 1. The van der Waals surface area contributed by atoms with Gasteiger partial charge in [0.05, 0.1) is 0 Å². The van der Waals surface area contributed by atoms with Crippen molar-refractivity contribution >= 4 is 11.6 Å². The van der Waals surface area contributed by atoms with Crippen LogP contribution in [-0.4, -0.2) is 25.1 Å². The van der Waals surface area contributed by atoms with Crippen molar-refractivity contribution in [1.29, 1.82) is 0 Å². The molecule has 19 heavy (non-hydrogen) atoms. The molecule has 2 N–H and O–H groups in total. The van der Waals surface area contributed by atoms with E-state index in [2.05, 4.69) is 10.6 Å². The molecule has 0 spiro atoms. The van der Waals surface area contributed by atoms with E-state index in [9.17, 15) is 4.79 Å². The highest BCUT2D eigenvalue weighted by Gasteiger charge is 2.14. The van der Waals surface area contributed by atoms with Gasteiger partial charge in [-0.15, -0.1) is 0 Å². The normalized spacial score (nSPS) is 16.4. The Morgan fingerprint density at radius 3 is 2.47 bits per heavy atom. The molecule has 2 rings (SSSR count). The van der Waals surface area contributed by atoms with E-state index in [0.29, 0.717) is 6.10 Å². The molecule has 0 radical (unpaired) electrons. The molecule has 0 aromatic heterocycles. The fourth-order valence-electron chi connectivity index (χ4n) is 2.01. The number of amides is 1. The third-order valence-electron chi connectivity index (χ3n) is 3.24. The van der Waals surface area contributed by atoms with Crippen LogP contribution in [0.2, 0.25) is 0 Å². The Morgan fingerprint density at radius 1 is 1.26 bits per heavy atom. The number of rotatable bonds is 4. The summed E-state index contributed by atoms with van der Waals surface area (Å²) in [5.41, 5.74) is 0.816. The first kappa shape index (κ1) is 13.9. The summed E-state index contributed by atoms with van der Waals surface area (Å²) in [7, 11) is 0. The van der Waals surface area contributed by atoms with Crippen molar-refractivity contribution in [1.82, 2.24) is 5.32 Å². The highest BCUT2D eigenvalue weighted by molar-refractivity contribution is 5.92. The van der Waals surface area contributed by atoms with Crippen LogP contribution in [0.5, 0.6) is 5.75 Å². The van der Waals surface area contributed by atoms with Gasteiger partial charge in [-0.3, -0.25) is 4.79 Å². The molecule has 0 bridgehead atoms. The molecule has 1 aromatic carbocycles. The molecule has 1 aliphatic heterocycles. The molecule has 0 atom stereocenters. The highest BCUT2D eigenvalue weighted by Crippen LogP contribution is 2.19. The summed E-state index contributed by atoms with van der Waals surface area (Å²) in [6.07, 6.45) is 2.40. The Labute approximate surface area is 114 Å². The molecular formula is C15H22N2O2. The topological polar surface area (TPSA) is 50.4 Å². The first-order valence-electron chi connectivity index (χ1n) is 6.93. The number of carbonyl (C=O) groups is 1. The SMILES string of the molecule is CC(C)C(=O)Nc1ccc(OC2CCNCC2)cc1. The van der Waals surface area contributed by atoms with Crippen molar-refractivity contribution in [3.63, 3.8) is 0 Å². The molecule has 0 unspecified atom stereocenters. The molecule has 1 fully saturated rings. The summed E-state index contributed by atoms with van der Waals surface area (Å²) >= 11 is 0. The van der Waals surface area contributed by atoms with E-state index in [4.69, 9.17) is 4.74 Å². The van der Waals surface area contributed by atoms with Crippen molar-refractivity contribution in [3.8, 4) is 5.75 Å². The predicted molar refractivity (Wildman–Crippen MR) is 76.4 cm³/mol. The summed E-state index contributed by atoms with van der Waals surface area (Å²) in [4.78, 5) is 11.6. The van der Waals surface area contributed by atoms with Crippen LogP contribution in [0.1, 0.15) is 26.7 Å². The molecule has 1 aromatic rings. The van der Waals surface area contributed by atoms with E-state index < -0.39 is 0 Å². The fourth-order valence-corrected chi connectivity index (χ4v) is 2.01. The largest absolute Gasteiger partial charge is 0.490 e. The number of hydrogen-bond donors (Lipinski definition) is 2. The minimum absolute atomic E-state index is 0.00864. The van der Waals surface area contributed by atoms with E-state index in [1.807, 2.05) is 38.1 Å². The summed E-state index contributed by atoms with van der Waals surface area (Å²) in [5.74, 6) is 0.895. The van der Waals surface area contributed by atoms with Crippen LogP contribution in [0.4, 0.5) is 5.69 Å². The van der Waals surface area contributed by atoms with E-state index in [1.54, 1.807) is 0 Å². The lowest BCUT2D eigenvalue weighted by Crippen LogP contribution is -2.34. The van der Waals surface area contributed by atoms with E-state index in [0.717, 1.165) is 37.4 Å². The van der Waals surface area contributed by atoms with Gasteiger partial charge >= 0.3 is 0 Å². The summed E-state index contributed by atoms with van der Waals surface area (Å²) in [6, 6.07) is 7.60. The maximum Gasteiger partial charge on any atom is 0.226 e. The monoisotopic (exact) mass is 262 g/mol. The molecule has 1 heterocycles. The summed E-state index contributed by atoms with van der Waals surface area (Å²) in [5, 5.41) is 6.18. The number of carbonyl (C=O) groups excluding carboxylic acids is 1. The van der Waals surface area contributed by atoms with Gasteiger partial charge in [-0.2, -0.15) is 0 Å². The van der Waals surface area contributed by atoms with Gasteiger partial charge in [0.25, 0.3) is 0 Å². The van der Waals surface area contributed by atoms with Crippen LogP contribution >= 0.6 is 0 Å². The van der Waals surface area contributed by atoms with E-state index in [-0.39, 0.29) is 11.8 Å². The third-order valence-corrected chi connectivity index (χ3v) is 3.24. The van der Waals surface area contributed by atoms with Gasteiger partial charge in [0, 0.05) is 11.6 Å². The summed E-state index contributed by atoms with van der Waals surface area (Å²) < 4.78 is 5.91. The van der Waals surface area contributed by atoms with Crippen molar-refractivity contribution < 1.29 is 9.53 Å². The maximum absolute atomic E-state index is 11.6. The zero-order valence-electron chi connectivity index (χ0n) is 11.6. The molecule has 4 nitrogen and oxygen atoms in total. The lowest BCUT2D eigenvalue weighted by molar-refractivity contribution is -0.118. The minimum atomic E-state index is -0.00864. The van der Waals surface area contributed by atoms with Gasteiger partial charge < -0.3 is 15.4 Å². The number of ether oxygens (including phenoxy) is 1. The molecule has 104 valence electrons. The number of nitrogens with one attached hydrogen (secondary N) is 2. The fraction of sp³-hybridized carbons (Fsp3) is 0.533. The molecule has 0 saturated carbocycles. The second-order valence-electron chi connectivity index (χ2n) is 5.24. The molecular weight excluding hydrogens is 240 g/mol. The van der Waals surface area contributed by atoms with Gasteiger partial charge in [0.15, 0.2) is 0 Å². The van der Waals surface area contributed by atoms with Gasteiger partial charge in [-0.25, -0.2) is 0 Å². The number of anilines is 1. The Balaban J connectivity index is 1.88. The lowest BCUT2D eigenvalue weighted by Gasteiger charge is -2.23. The molecule has 0 aliphatic carbocycles. The van der Waals surface area contributed by atoms with Gasteiger partial charge in [0.1, 0.15) is 11.9 Å². The van der Waals surface area contributed by atoms with Gasteiger partial charge in [-0.05, 0) is 50.2 Å². The van der Waals surface area contributed by atoms with Gasteiger partial charge in [-0.1, -0.05) is 13.8 Å². The molecule has 1 aliphatic rings. The first-order valence-corrected chi connectivity index (χ1v) is 6.93. The van der Waals surface area contributed by atoms with E-state index >= 15 is 0 Å². The molecule has 1 saturated heterocycles. The van der Waals surface area contributed by atoms with Crippen LogP contribution in [-0.2, 0) is 4.79 Å². The van der Waals surface area contributed by atoms with Crippen molar-refractivity contribution in [2.75, 3.05) is 18.4 Å². The Kier molecular flexibility index (Phi) is 4.80. The van der Waals surface area contributed by atoms with Crippen molar-refractivity contribution in [2.45, 2.75) is 32.8 Å².